The van der Waals surface area contributed by atoms with Crippen LogP contribution in [-0.4, -0.2) is 46.3 Å². The molecule has 0 spiro atoms. The molecule has 0 bridgehead atoms. The fourth-order valence-corrected chi connectivity index (χ4v) is 2.67. The average Bonchev–Trinajstić information content (AvgIpc) is 2.91. The van der Waals surface area contributed by atoms with Crippen molar-refractivity contribution < 1.29 is 0 Å². The van der Waals surface area contributed by atoms with Crippen molar-refractivity contribution in [3.8, 4) is 0 Å². The Labute approximate surface area is 114 Å². The Hall–Kier alpha value is -1.52. The van der Waals surface area contributed by atoms with E-state index in [2.05, 4.69) is 33.4 Å². The summed E-state index contributed by atoms with van der Waals surface area (Å²) in [6.07, 6.45) is 7.92. The van der Waals surface area contributed by atoms with E-state index >= 15 is 0 Å². The van der Waals surface area contributed by atoms with E-state index in [0.717, 1.165) is 25.6 Å². The van der Waals surface area contributed by atoms with Crippen LogP contribution in [-0.2, 0) is 7.05 Å². The Morgan fingerprint density at radius 3 is 2.95 bits per heavy atom. The van der Waals surface area contributed by atoms with E-state index < -0.39 is 0 Å². The summed E-state index contributed by atoms with van der Waals surface area (Å²) in [5.41, 5.74) is 1.35. The first-order chi connectivity index (χ1) is 9.26. The van der Waals surface area contributed by atoms with Gasteiger partial charge in [0.2, 0.25) is 0 Å². The van der Waals surface area contributed by atoms with Gasteiger partial charge in [-0.15, -0.1) is 0 Å². The van der Waals surface area contributed by atoms with Gasteiger partial charge in [0.25, 0.3) is 0 Å². The number of hydrogen-bond acceptors (Lipinski definition) is 2. The number of aliphatic imine (C=N–C) groups is 1. The molecule has 1 N–H and O–H groups in total. The quantitative estimate of drug-likeness (QED) is 0.659. The molecule has 5 heteroatoms. The lowest BCUT2D eigenvalue weighted by Crippen LogP contribution is -2.41. The third kappa shape index (κ3) is 2.91. The third-order valence-corrected chi connectivity index (χ3v) is 3.90. The number of aryl methyl sites for hydroxylation is 1. The predicted octanol–water partition coefficient (Wildman–Crippen LogP) is 1.34. The van der Waals surface area contributed by atoms with Gasteiger partial charge in [0.05, 0.1) is 6.20 Å². The van der Waals surface area contributed by atoms with Crippen LogP contribution in [0.5, 0.6) is 0 Å². The van der Waals surface area contributed by atoms with Gasteiger partial charge in [0, 0.05) is 44.8 Å². The van der Waals surface area contributed by atoms with Gasteiger partial charge in [-0.25, -0.2) is 0 Å². The Morgan fingerprint density at radius 2 is 2.32 bits per heavy atom. The molecule has 1 unspecified atom stereocenters. The second-order valence-corrected chi connectivity index (χ2v) is 5.60. The van der Waals surface area contributed by atoms with E-state index in [1.165, 1.54) is 24.8 Å². The van der Waals surface area contributed by atoms with Gasteiger partial charge in [0.1, 0.15) is 0 Å². The lowest BCUT2D eigenvalue weighted by atomic mass is 10.0. The van der Waals surface area contributed by atoms with E-state index in [9.17, 15) is 0 Å². The molecular weight excluding hydrogens is 238 g/mol. The highest BCUT2D eigenvalue weighted by molar-refractivity contribution is 5.81. The fraction of sp³-hybridized carbons (Fsp3) is 0.714. The van der Waals surface area contributed by atoms with Crippen molar-refractivity contribution in [1.82, 2.24) is 20.0 Å². The van der Waals surface area contributed by atoms with Gasteiger partial charge in [-0.3, -0.25) is 9.67 Å². The standard InChI is InChI=1S/C14H23N5/c1-3-15-14(17-13-4-5-13)19-7-6-11(10-19)12-8-16-18(2)9-12/h8-9,11,13H,3-7,10H2,1-2H3,(H,15,17). The van der Waals surface area contributed by atoms with Crippen LogP contribution in [0, 0.1) is 0 Å². The highest BCUT2D eigenvalue weighted by atomic mass is 15.3. The van der Waals surface area contributed by atoms with Gasteiger partial charge < -0.3 is 10.2 Å². The molecule has 1 saturated heterocycles. The van der Waals surface area contributed by atoms with Crippen LogP contribution >= 0.6 is 0 Å². The molecule has 1 aromatic heterocycles. The minimum absolute atomic E-state index is 0.594. The molecule has 1 atom stereocenters. The molecule has 1 aromatic rings. The van der Waals surface area contributed by atoms with Crippen molar-refractivity contribution in [2.24, 2.45) is 12.0 Å². The number of hydrogen-bond donors (Lipinski definition) is 1. The Balaban J connectivity index is 1.64. The van der Waals surface area contributed by atoms with Gasteiger partial charge in [-0.1, -0.05) is 0 Å². The highest BCUT2D eigenvalue weighted by Crippen LogP contribution is 2.27. The smallest absolute Gasteiger partial charge is 0.194 e. The summed E-state index contributed by atoms with van der Waals surface area (Å²) in [5, 5.41) is 7.84. The van der Waals surface area contributed by atoms with Crippen LogP contribution in [0.15, 0.2) is 17.4 Å². The number of nitrogens with one attached hydrogen (secondary N) is 1. The maximum absolute atomic E-state index is 4.63. The van der Waals surface area contributed by atoms with Crippen molar-refractivity contribution in [2.45, 2.75) is 38.1 Å². The zero-order valence-corrected chi connectivity index (χ0v) is 11.8. The van der Waals surface area contributed by atoms with Crippen LogP contribution < -0.4 is 5.32 Å². The van der Waals surface area contributed by atoms with E-state index in [1.54, 1.807) is 0 Å². The molecule has 2 fully saturated rings. The number of rotatable bonds is 3. The molecule has 1 aliphatic heterocycles. The summed E-state index contributed by atoms with van der Waals surface area (Å²) < 4.78 is 1.89. The maximum atomic E-state index is 4.63. The van der Waals surface area contributed by atoms with Crippen LogP contribution in [0.4, 0.5) is 0 Å². The molecule has 104 valence electrons. The molecule has 0 aromatic carbocycles. The monoisotopic (exact) mass is 261 g/mol. The zero-order chi connectivity index (χ0) is 13.2. The third-order valence-electron chi connectivity index (χ3n) is 3.90. The molecule has 1 aliphatic carbocycles. The number of nitrogens with zero attached hydrogens (tertiary/aromatic N) is 4. The largest absolute Gasteiger partial charge is 0.354 e. The van der Waals surface area contributed by atoms with E-state index in [4.69, 9.17) is 0 Å². The summed E-state index contributed by atoms with van der Waals surface area (Å²) in [6.45, 7) is 5.11. The molecular formula is C14H23N5. The Kier molecular flexibility index (Phi) is 3.44. The van der Waals surface area contributed by atoms with Crippen molar-refractivity contribution in [2.75, 3.05) is 19.6 Å². The lowest BCUT2D eigenvalue weighted by Gasteiger charge is -2.21. The summed E-state index contributed by atoms with van der Waals surface area (Å²) in [7, 11) is 1.98. The number of aromatic nitrogens is 2. The lowest BCUT2D eigenvalue weighted by molar-refractivity contribution is 0.484. The average molecular weight is 261 g/mol. The van der Waals surface area contributed by atoms with Crippen LogP contribution in [0.3, 0.4) is 0 Å². The SMILES string of the molecule is CCN=C(NC1CC1)N1CCC(c2cnn(C)c2)C1. The second-order valence-electron chi connectivity index (χ2n) is 5.60. The van der Waals surface area contributed by atoms with Crippen molar-refractivity contribution in [1.29, 1.82) is 0 Å². The van der Waals surface area contributed by atoms with Crippen molar-refractivity contribution in [3.63, 3.8) is 0 Å². The minimum atomic E-state index is 0.594. The summed E-state index contributed by atoms with van der Waals surface area (Å²) >= 11 is 0. The second kappa shape index (κ2) is 5.23. The fourth-order valence-electron chi connectivity index (χ4n) is 2.67. The van der Waals surface area contributed by atoms with Gasteiger partial charge in [-0.05, 0) is 31.7 Å². The van der Waals surface area contributed by atoms with E-state index in [-0.39, 0.29) is 0 Å². The van der Waals surface area contributed by atoms with E-state index in [1.807, 2.05) is 17.9 Å². The van der Waals surface area contributed by atoms with Crippen LogP contribution in [0.2, 0.25) is 0 Å². The summed E-state index contributed by atoms with van der Waals surface area (Å²) in [4.78, 5) is 7.03. The zero-order valence-electron chi connectivity index (χ0n) is 11.8. The number of likely N-dealkylation sites (tertiary alicyclic amines) is 1. The molecule has 2 heterocycles. The van der Waals surface area contributed by atoms with Crippen molar-refractivity contribution in [3.05, 3.63) is 18.0 Å². The molecule has 2 aliphatic rings. The van der Waals surface area contributed by atoms with Gasteiger partial charge in [-0.2, -0.15) is 5.10 Å². The summed E-state index contributed by atoms with van der Waals surface area (Å²) in [6, 6.07) is 0.669. The predicted molar refractivity (Wildman–Crippen MR) is 76.3 cm³/mol. The molecule has 3 rings (SSSR count). The molecule has 1 saturated carbocycles. The first-order valence-electron chi connectivity index (χ1n) is 7.30. The Morgan fingerprint density at radius 1 is 1.47 bits per heavy atom. The molecule has 19 heavy (non-hydrogen) atoms. The first kappa shape index (κ1) is 12.5. The topological polar surface area (TPSA) is 45.5 Å². The van der Waals surface area contributed by atoms with Crippen LogP contribution in [0.1, 0.15) is 37.7 Å². The van der Waals surface area contributed by atoms with Crippen molar-refractivity contribution >= 4 is 5.96 Å². The minimum Gasteiger partial charge on any atom is -0.354 e. The number of guanidine groups is 1. The normalized spacial score (nSPS) is 24.0. The molecule has 0 radical (unpaired) electrons. The van der Waals surface area contributed by atoms with Gasteiger partial charge >= 0.3 is 0 Å². The first-order valence-corrected chi connectivity index (χ1v) is 7.30. The van der Waals surface area contributed by atoms with Crippen LogP contribution in [0.25, 0.3) is 0 Å². The molecule has 5 nitrogen and oxygen atoms in total. The van der Waals surface area contributed by atoms with Gasteiger partial charge in [0.15, 0.2) is 5.96 Å². The maximum Gasteiger partial charge on any atom is 0.194 e. The van der Waals surface area contributed by atoms with E-state index in [0.29, 0.717) is 12.0 Å². The highest BCUT2D eigenvalue weighted by Gasteiger charge is 2.30. The Bertz CT molecular complexity index is 460. The molecule has 0 amide bonds. The summed E-state index contributed by atoms with van der Waals surface area (Å²) in [5.74, 6) is 1.70.